The molecule has 2 N–H and O–H groups in total. The zero-order valence-electron chi connectivity index (χ0n) is 11.4. The van der Waals surface area contributed by atoms with E-state index in [9.17, 15) is 4.79 Å². The van der Waals surface area contributed by atoms with Gasteiger partial charge < -0.3 is 15.2 Å². The Labute approximate surface area is 109 Å². The molecule has 18 heavy (non-hydrogen) atoms. The van der Waals surface area contributed by atoms with Gasteiger partial charge in [-0.25, -0.2) is 4.79 Å². The summed E-state index contributed by atoms with van der Waals surface area (Å²) in [7, 11) is 0. The van der Waals surface area contributed by atoms with E-state index in [0.717, 1.165) is 18.4 Å². The maximum Gasteiger partial charge on any atom is 0.404 e. The van der Waals surface area contributed by atoms with Crippen molar-refractivity contribution < 1.29 is 14.3 Å². The predicted octanol–water partition coefficient (Wildman–Crippen LogP) is 2.79. The van der Waals surface area contributed by atoms with Crippen molar-refractivity contribution in [3.8, 4) is 0 Å². The normalized spacial score (nSPS) is 32.9. The number of amides is 1. The molecule has 0 unspecified atom stereocenters. The third-order valence-corrected chi connectivity index (χ3v) is 3.41. The molecule has 0 saturated carbocycles. The standard InChI is InChI=1S/C14H23NO3/c1-5-9(2)6-7-12-10(3)8-13(11(4)17-12)18-14(15)16/h5-6,10-13H,1,7-8H2,2-4H3,(H2,15,16)/b9-6+/t10-,11+,12-,13+/m0/s1. The second-order valence-electron chi connectivity index (χ2n) is 4.96. The fraction of sp³-hybridized carbons (Fsp3) is 0.643. The van der Waals surface area contributed by atoms with Crippen molar-refractivity contribution in [1.82, 2.24) is 0 Å². The number of nitrogens with two attached hydrogens (primary N) is 1. The molecule has 1 rings (SSSR count). The number of primary amides is 1. The van der Waals surface area contributed by atoms with Crippen molar-refractivity contribution >= 4 is 6.09 Å². The Morgan fingerprint density at radius 2 is 2.22 bits per heavy atom. The summed E-state index contributed by atoms with van der Waals surface area (Å²) in [5.41, 5.74) is 6.19. The Kier molecular flexibility index (Phi) is 5.41. The first kappa shape index (κ1) is 14.8. The van der Waals surface area contributed by atoms with Crippen LogP contribution in [0, 0.1) is 5.92 Å². The maximum atomic E-state index is 10.8. The molecule has 0 spiro atoms. The van der Waals surface area contributed by atoms with Crippen LogP contribution in [0.5, 0.6) is 0 Å². The molecular weight excluding hydrogens is 230 g/mol. The lowest BCUT2D eigenvalue weighted by molar-refractivity contribution is -0.132. The van der Waals surface area contributed by atoms with Crippen molar-refractivity contribution in [3.05, 3.63) is 24.3 Å². The first-order chi connectivity index (χ1) is 8.43. The van der Waals surface area contributed by atoms with Crippen LogP contribution in [-0.4, -0.2) is 24.4 Å². The number of carbonyl (C=O) groups is 1. The minimum Gasteiger partial charge on any atom is -0.444 e. The van der Waals surface area contributed by atoms with Gasteiger partial charge in [0.1, 0.15) is 6.10 Å². The van der Waals surface area contributed by atoms with Crippen LogP contribution in [0.3, 0.4) is 0 Å². The van der Waals surface area contributed by atoms with Gasteiger partial charge in [-0.15, -0.1) is 0 Å². The first-order valence-electron chi connectivity index (χ1n) is 6.34. The summed E-state index contributed by atoms with van der Waals surface area (Å²) in [5, 5.41) is 0. The van der Waals surface area contributed by atoms with Crippen LogP contribution in [0.1, 0.15) is 33.6 Å². The Hall–Kier alpha value is -1.29. The lowest BCUT2D eigenvalue weighted by Gasteiger charge is -2.38. The quantitative estimate of drug-likeness (QED) is 0.784. The van der Waals surface area contributed by atoms with Crippen LogP contribution >= 0.6 is 0 Å². The Bertz CT molecular complexity index is 338. The summed E-state index contributed by atoms with van der Waals surface area (Å²) in [5.74, 6) is 0.333. The highest BCUT2D eigenvalue weighted by atomic mass is 16.6. The number of carbonyl (C=O) groups excluding carboxylic acids is 1. The number of hydrogen-bond donors (Lipinski definition) is 1. The Morgan fingerprint density at radius 1 is 1.56 bits per heavy atom. The van der Waals surface area contributed by atoms with Gasteiger partial charge >= 0.3 is 6.09 Å². The number of ether oxygens (including phenoxy) is 2. The van der Waals surface area contributed by atoms with Crippen molar-refractivity contribution in [3.63, 3.8) is 0 Å². The molecule has 4 heteroatoms. The molecule has 1 aliphatic rings. The molecule has 0 aromatic heterocycles. The molecule has 0 aliphatic carbocycles. The third kappa shape index (κ3) is 4.18. The molecular formula is C14H23NO3. The van der Waals surface area contributed by atoms with Gasteiger partial charge in [0.2, 0.25) is 0 Å². The minimum atomic E-state index is -0.733. The summed E-state index contributed by atoms with van der Waals surface area (Å²) in [4.78, 5) is 10.8. The SMILES string of the molecule is C=C/C(C)=C/C[C@@H]1O[C@H](C)[C@H](OC(N)=O)C[C@@H]1C. The van der Waals surface area contributed by atoms with Gasteiger partial charge in [0.05, 0.1) is 12.2 Å². The van der Waals surface area contributed by atoms with Crippen LogP contribution in [-0.2, 0) is 9.47 Å². The van der Waals surface area contributed by atoms with Gasteiger partial charge in [-0.2, -0.15) is 0 Å². The summed E-state index contributed by atoms with van der Waals surface area (Å²) < 4.78 is 10.9. The lowest BCUT2D eigenvalue weighted by Crippen LogP contribution is -2.44. The summed E-state index contributed by atoms with van der Waals surface area (Å²) in [6, 6.07) is 0. The molecule has 102 valence electrons. The molecule has 0 bridgehead atoms. The van der Waals surface area contributed by atoms with Gasteiger partial charge in [-0.3, -0.25) is 0 Å². The van der Waals surface area contributed by atoms with Crippen molar-refractivity contribution in [2.75, 3.05) is 0 Å². The van der Waals surface area contributed by atoms with E-state index in [1.807, 2.05) is 19.9 Å². The molecule has 0 aromatic rings. The van der Waals surface area contributed by atoms with Crippen LogP contribution < -0.4 is 5.73 Å². The average molecular weight is 253 g/mol. The maximum absolute atomic E-state index is 10.8. The van der Waals surface area contributed by atoms with E-state index in [0.29, 0.717) is 5.92 Å². The average Bonchev–Trinajstić information content (AvgIpc) is 2.30. The minimum absolute atomic E-state index is 0.115. The van der Waals surface area contributed by atoms with Crippen molar-refractivity contribution in [2.24, 2.45) is 11.7 Å². The molecule has 0 radical (unpaired) electrons. The lowest BCUT2D eigenvalue weighted by atomic mass is 9.89. The van der Waals surface area contributed by atoms with E-state index in [4.69, 9.17) is 15.2 Å². The van der Waals surface area contributed by atoms with E-state index in [1.165, 1.54) is 0 Å². The van der Waals surface area contributed by atoms with E-state index in [2.05, 4.69) is 19.6 Å². The van der Waals surface area contributed by atoms with E-state index < -0.39 is 6.09 Å². The van der Waals surface area contributed by atoms with Crippen LogP contribution in [0.2, 0.25) is 0 Å². The highest BCUT2D eigenvalue weighted by molar-refractivity contribution is 5.64. The second-order valence-corrected chi connectivity index (χ2v) is 4.96. The summed E-state index contributed by atoms with van der Waals surface area (Å²) in [6.45, 7) is 9.75. The number of allylic oxidation sites excluding steroid dienone is 2. The van der Waals surface area contributed by atoms with Gasteiger partial charge in [0, 0.05) is 0 Å². The number of rotatable bonds is 4. The molecule has 1 amide bonds. The van der Waals surface area contributed by atoms with E-state index >= 15 is 0 Å². The molecule has 1 aliphatic heterocycles. The molecule has 0 aromatic carbocycles. The fourth-order valence-corrected chi connectivity index (χ4v) is 2.17. The largest absolute Gasteiger partial charge is 0.444 e. The second kappa shape index (κ2) is 6.59. The Morgan fingerprint density at radius 3 is 2.78 bits per heavy atom. The van der Waals surface area contributed by atoms with Gasteiger partial charge in [0.15, 0.2) is 0 Å². The zero-order valence-corrected chi connectivity index (χ0v) is 11.4. The number of hydrogen-bond acceptors (Lipinski definition) is 3. The topological polar surface area (TPSA) is 61.6 Å². The van der Waals surface area contributed by atoms with E-state index in [-0.39, 0.29) is 18.3 Å². The van der Waals surface area contributed by atoms with Crippen LogP contribution in [0.4, 0.5) is 4.79 Å². The monoisotopic (exact) mass is 253 g/mol. The first-order valence-corrected chi connectivity index (χ1v) is 6.34. The third-order valence-electron chi connectivity index (χ3n) is 3.41. The molecule has 4 nitrogen and oxygen atoms in total. The summed E-state index contributed by atoms with van der Waals surface area (Å²) in [6.07, 6.45) is 4.66. The summed E-state index contributed by atoms with van der Waals surface area (Å²) >= 11 is 0. The molecule has 1 heterocycles. The van der Waals surface area contributed by atoms with Crippen LogP contribution in [0.15, 0.2) is 24.3 Å². The fourth-order valence-electron chi connectivity index (χ4n) is 2.17. The van der Waals surface area contributed by atoms with Gasteiger partial charge in [-0.1, -0.05) is 31.2 Å². The molecule has 1 saturated heterocycles. The molecule has 1 fully saturated rings. The van der Waals surface area contributed by atoms with Crippen LogP contribution in [0.25, 0.3) is 0 Å². The zero-order chi connectivity index (χ0) is 13.7. The smallest absolute Gasteiger partial charge is 0.404 e. The highest BCUT2D eigenvalue weighted by Crippen LogP contribution is 2.29. The van der Waals surface area contributed by atoms with Gasteiger partial charge in [0.25, 0.3) is 0 Å². The van der Waals surface area contributed by atoms with Crippen molar-refractivity contribution in [1.29, 1.82) is 0 Å². The molecule has 4 atom stereocenters. The Balaban J connectivity index is 2.56. The van der Waals surface area contributed by atoms with Gasteiger partial charge in [-0.05, 0) is 32.6 Å². The van der Waals surface area contributed by atoms with E-state index in [1.54, 1.807) is 0 Å². The van der Waals surface area contributed by atoms with Crippen molar-refractivity contribution in [2.45, 2.75) is 51.9 Å². The predicted molar refractivity (Wildman–Crippen MR) is 71.1 cm³/mol. The highest BCUT2D eigenvalue weighted by Gasteiger charge is 2.34.